The average molecular weight is 165 g/mol. The Morgan fingerprint density at radius 2 is 2.08 bits per heavy atom. The van der Waals surface area contributed by atoms with Crippen LogP contribution in [0.15, 0.2) is 24.3 Å². The minimum atomic E-state index is 0.197. The van der Waals surface area contributed by atoms with Gasteiger partial charge in [0.1, 0.15) is 0 Å². The third-order valence-corrected chi connectivity index (χ3v) is 2.71. The van der Waals surface area contributed by atoms with E-state index in [1.54, 1.807) is 0 Å². The second-order valence-electron chi connectivity index (χ2n) is 3.64. The lowest BCUT2D eigenvalue weighted by Crippen LogP contribution is -2.46. The molecular weight excluding hydrogens is 150 g/mol. The lowest BCUT2D eigenvalue weighted by Gasteiger charge is -2.37. The number of rotatable bonds is 0. The van der Waals surface area contributed by atoms with E-state index in [2.05, 4.69) is 18.2 Å². The van der Waals surface area contributed by atoms with Gasteiger partial charge in [-0.15, -0.1) is 0 Å². The molecule has 66 valence electrons. The van der Waals surface area contributed by atoms with E-state index in [0.717, 1.165) is 6.42 Å². The first-order valence-corrected chi connectivity index (χ1v) is 4.53. The van der Waals surface area contributed by atoms with Crippen LogP contribution in [0.2, 0.25) is 0 Å². The van der Waals surface area contributed by atoms with Crippen LogP contribution in [0.3, 0.4) is 0 Å². The van der Waals surface area contributed by atoms with Gasteiger partial charge in [0, 0.05) is 12.0 Å². The third kappa shape index (κ3) is 1.32. The van der Waals surface area contributed by atoms with Gasteiger partial charge >= 0.3 is 0 Å². The Hall–Kier alpha value is -0.600. The highest BCUT2D eigenvalue weighted by molar-refractivity contribution is 5.17. The van der Waals surface area contributed by atoms with Crippen LogP contribution in [0.1, 0.15) is 13.3 Å². The zero-order chi connectivity index (χ0) is 8.55. The fraction of sp³-hybridized carbons (Fsp3) is 0.600. The molecule has 12 heavy (non-hydrogen) atoms. The Labute approximate surface area is 73.1 Å². The number of allylic oxidation sites excluding steroid dienone is 2. The van der Waals surface area contributed by atoms with Gasteiger partial charge in [0.25, 0.3) is 0 Å². The highest BCUT2D eigenvalue weighted by Crippen LogP contribution is 2.28. The van der Waals surface area contributed by atoms with Crippen molar-refractivity contribution in [2.24, 2.45) is 11.7 Å². The van der Waals surface area contributed by atoms with Crippen molar-refractivity contribution in [3.8, 4) is 0 Å². The molecule has 4 atom stereocenters. The molecule has 0 aromatic rings. The van der Waals surface area contributed by atoms with E-state index < -0.39 is 0 Å². The number of hydrogen-bond acceptors (Lipinski definition) is 2. The minimum absolute atomic E-state index is 0.197. The van der Waals surface area contributed by atoms with Gasteiger partial charge in [-0.05, 0) is 13.3 Å². The second kappa shape index (κ2) is 3.04. The first-order valence-electron chi connectivity index (χ1n) is 4.53. The third-order valence-electron chi connectivity index (χ3n) is 2.71. The molecule has 1 aliphatic heterocycles. The van der Waals surface area contributed by atoms with E-state index in [4.69, 9.17) is 10.5 Å². The molecule has 2 rings (SSSR count). The van der Waals surface area contributed by atoms with Crippen LogP contribution in [0.25, 0.3) is 0 Å². The number of fused-ring (bicyclic) bond motifs is 1. The zero-order valence-corrected chi connectivity index (χ0v) is 7.31. The van der Waals surface area contributed by atoms with Crippen LogP contribution in [0, 0.1) is 5.92 Å². The summed E-state index contributed by atoms with van der Waals surface area (Å²) >= 11 is 0. The highest BCUT2D eigenvalue weighted by atomic mass is 16.5. The lowest BCUT2D eigenvalue weighted by molar-refractivity contribution is -0.0491. The van der Waals surface area contributed by atoms with Crippen LogP contribution < -0.4 is 5.73 Å². The summed E-state index contributed by atoms with van der Waals surface area (Å²) in [5.41, 5.74) is 5.90. The Balaban J connectivity index is 2.09. The van der Waals surface area contributed by atoms with Crippen molar-refractivity contribution in [2.75, 3.05) is 0 Å². The second-order valence-corrected chi connectivity index (χ2v) is 3.64. The van der Waals surface area contributed by atoms with Crippen molar-refractivity contribution >= 4 is 0 Å². The zero-order valence-electron chi connectivity index (χ0n) is 7.31. The standard InChI is InChI=1S/C10H15NO/c1-7-9(11)6-8-4-2-3-5-10(8)12-7/h2-5,7-10H,6,11H2,1H3. The molecule has 0 spiro atoms. The van der Waals surface area contributed by atoms with Crippen molar-refractivity contribution < 1.29 is 4.74 Å². The molecule has 0 saturated carbocycles. The number of ether oxygens (including phenoxy) is 1. The fourth-order valence-corrected chi connectivity index (χ4v) is 1.85. The summed E-state index contributed by atoms with van der Waals surface area (Å²) in [6.45, 7) is 2.05. The number of hydrogen-bond donors (Lipinski definition) is 1. The van der Waals surface area contributed by atoms with Crippen LogP contribution in [0.5, 0.6) is 0 Å². The van der Waals surface area contributed by atoms with Crippen molar-refractivity contribution in [1.82, 2.24) is 0 Å². The van der Waals surface area contributed by atoms with Gasteiger partial charge in [-0.25, -0.2) is 0 Å². The Morgan fingerprint density at radius 3 is 2.92 bits per heavy atom. The summed E-state index contributed by atoms with van der Waals surface area (Å²) in [5, 5.41) is 0. The normalized spacial score (nSPS) is 45.8. The molecular formula is C10H15NO. The summed E-state index contributed by atoms with van der Waals surface area (Å²) in [5.74, 6) is 0.501. The van der Waals surface area contributed by atoms with Crippen molar-refractivity contribution in [3.63, 3.8) is 0 Å². The molecule has 2 nitrogen and oxygen atoms in total. The predicted octanol–water partition coefficient (Wildman–Crippen LogP) is 1.23. The van der Waals surface area contributed by atoms with Crippen molar-refractivity contribution in [3.05, 3.63) is 24.3 Å². The summed E-state index contributed by atoms with van der Waals surface area (Å²) in [6, 6.07) is 0.197. The molecule has 4 unspecified atom stereocenters. The van der Waals surface area contributed by atoms with Gasteiger partial charge in [0.2, 0.25) is 0 Å². The van der Waals surface area contributed by atoms with Gasteiger partial charge in [-0.3, -0.25) is 0 Å². The van der Waals surface area contributed by atoms with Crippen LogP contribution in [-0.2, 0) is 4.74 Å². The summed E-state index contributed by atoms with van der Waals surface area (Å²) < 4.78 is 5.74. The summed E-state index contributed by atoms with van der Waals surface area (Å²) in [7, 11) is 0. The molecule has 1 heterocycles. The Morgan fingerprint density at radius 1 is 1.33 bits per heavy atom. The van der Waals surface area contributed by atoms with Crippen molar-refractivity contribution in [2.45, 2.75) is 31.6 Å². The van der Waals surface area contributed by atoms with Gasteiger partial charge in [-0.1, -0.05) is 24.3 Å². The van der Waals surface area contributed by atoms with E-state index in [1.165, 1.54) is 0 Å². The van der Waals surface area contributed by atoms with E-state index in [-0.39, 0.29) is 18.2 Å². The van der Waals surface area contributed by atoms with Gasteiger partial charge < -0.3 is 10.5 Å². The summed E-state index contributed by atoms with van der Waals surface area (Å²) in [4.78, 5) is 0. The first kappa shape index (κ1) is 8.02. The van der Waals surface area contributed by atoms with E-state index in [0.29, 0.717) is 5.92 Å². The molecule has 0 aromatic heterocycles. The SMILES string of the molecule is CC1OC2C=CC=CC2CC1N. The first-order chi connectivity index (χ1) is 5.77. The number of nitrogens with two attached hydrogens (primary N) is 1. The quantitative estimate of drug-likeness (QED) is 0.586. The average Bonchev–Trinajstić information content (AvgIpc) is 2.07. The Bertz CT molecular complexity index is 198. The predicted molar refractivity (Wildman–Crippen MR) is 48.7 cm³/mol. The minimum Gasteiger partial charge on any atom is -0.369 e. The van der Waals surface area contributed by atoms with Crippen LogP contribution in [-0.4, -0.2) is 18.2 Å². The fourth-order valence-electron chi connectivity index (χ4n) is 1.85. The molecule has 2 aliphatic rings. The largest absolute Gasteiger partial charge is 0.369 e. The molecule has 2 N–H and O–H groups in total. The van der Waals surface area contributed by atoms with Gasteiger partial charge in [0.05, 0.1) is 12.2 Å². The lowest BCUT2D eigenvalue weighted by atomic mass is 9.86. The van der Waals surface area contributed by atoms with E-state index in [1.807, 2.05) is 13.0 Å². The Kier molecular flexibility index (Phi) is 2.03. The molecule has 1 fully saturated rings. The van der Waals surface area contributed by atoms with Gasteiger partial charge in [0.15, 0.2) is 0 Å². The van der Waals surface area contributed by atoms with E-state index in [9.17, 15) is 0 Å². The smallest absolute Gasteiger partial charge is 0.0826 e. The highest BCUT2D eigenvalue weighted by Gasteiger charge is 2.31. The van der Waals surface area contributed by atoms with Gasteiger partial charge in [-0.2, -0.15) is 0 Å². The molecule has 0 radical (unpaired) electrons. The molecule has 1 saturated heterocycles. The van der Waals surface area contributed by atoms with Crippen molar-refractivity contribution in [1.29, 1.82) is 0 Å². The molecule has 0 amide bonds. The summed E-state index contributed by atoms with van der Waals surface area (Å²) in [6.07, 6.45) is 9.95. The molecule has 2 heteroatoms. The maximum absolute atomic E-state index is 5.90. The monoisotopic (exact) mass is 165 g/mol. The van der Waals surface area contributed by atoms with Crippen LogP contribution in [0.4, 0.5) is 0 Å². The van der Waals surface area contributed by atoms with Crippen LogP contribution >= 0.6 is 0 Å². The molecule has 0 bridgehead atoms. The molecule has 1 aliphatic carbocycles. The molecule has 0 aromatic carbocycles. The van der Waals surface area contributed by atoms with E-state index >= 15 is 0 Å². The maximum Gasteiger partial charge on any atom is 0.0826 e. The maximum atomic E-state index is 5.90. The topological polar surface area (TPSA) is 35.2 Å².